The Kier molecular flexibility index (Phi) is 3.54. The highest BCUT2D eigenvalue weighted by atomic mass is 16.4. The van der Waals surface area contributed by atoms with Crippen molar-refractivity contribution in [2.24, 2.45) is 5.41 Å². The first kappa shape index (κ1) is 14.5. The Bertz CT molecular complexity index is 564. The van der Waals surface area contributed by atoms with Gasteiger partial charge in [-0.15, -0.1) is 0 Å². The summed E-state index contributed by atoms with van der Waals surface area (Å²) in [5.74, 6) is -1.19. The van der Waals surface area contributed by atoms with E-state index in [1.54, 1.807) is 18.9 Å². The van der Waals surface area contributed by atoms with Crippen LogP contribution >= 0.6 is 0 Å². The van der Waals surface area contributed by atoms with Crippen LogP contribution < -0.4 is 0 Å². The van der Waals surface area contributed by atoms with Crippen molar-refractivity contribution in [1.82, 2.24) is 9.88 Å². The van der Waals surface area contributed by atoms with Gasteiger partial charge < -0.3 is 10.0 Å². The molecule has 1 atom stereocenters. The molecule has 1 aliphatic rings. The van der Waals surface area contributed by atoms with Crippen LogP contribution in [0.25, 0.3) is 0 Å². The molecule has 1 aromatic rings. The second-order valence-corrected chi connectivity index (χ2v) is 5.88. The average Bonchev–Trinajstić information content (AvgIpc) is 3.14. The molecule has 1 N–H and O–H groups in total. The van der Waals surface area contributed by atoms with E-state index in [0.717, 1.165) is 12.8 Å². The average molecular weight is 276 g/mol. The molecular formula is C15H20N2O3. The summed E-state index contributed by atoms with van der Waals surface area (Å²) in [5, 5.41) is 8.97. The largest absolute Gasteiger partial charge is 0.478 e. The zero-order valence-corrected chi connectivity index (χ0v) is 12.3. The molecule has 1 aliphatic carbocycles. The van der Waals surface area contributed by atoms with Crippen LogP contribution in [0.15, 0.2) is 12.1 Å². The minimum absolute atomic E-state index is 0.131. The molecule has 5 heteroatoms. The standard InChI is InChI=1S/C15H20N2O3/c1-9-11(14(19)20)5-6-12(16-9)13(18)17(4)10(2)15(3)7-8-15/h5-6,10H,7-8H2,1-4H3,(H,19,20). The highest BCUT2D eigenvalue weighted by molar-refractivity contribution is 5.94. The third-order valence-electron chi connectivity index (χ3n) is 4.48. The third-order valence-corrected chi connectivity index (χ3v) is 4.48. The van der Waals surface area contributed by atoms with Gasteiger partial charge in [-0.1, -0.05) is 6.92 Å². The topological polar surface area (TPSA) is 70.5 Å². The summed E-state index contributed by atoms with van der Waals surface area (Å²) < 4.78 is 0. The number of pyridine rings is 1. The summed E-state index contributed by atoms with van der Waals surface area (Å²) in [6.45, 7) is 5.82. The van der Waals surface area contributed by atoms with Crippen LogP contribution in [-0.2, 0) is 0 Å². The minimum atomic E-state index is -1.03. The van der Waals surface area contributed by atoms with Crippen LogP contribution in [-0.4, -0.2) is 40.0 Å². The van der Waals surface area contributed by atoms with Crippen LogP contribution in [0.1, 0.15) is 53.2 Å². The number of carboxylic acids is 1. The lowest BCUT2D eigenvalue weighted by molar-refractivity contribution is 0.0669. The van der Waals surface area contributed by atoms with E-state index in [1.165, 1.54) is 12.1 Å². The lowest BCUT2D eigenvalue weighted by atomic mass is 9.99. The number of hydrogen-bond donors (Lipinski definition) is 1. The fraction of sp³-hybridized carbons (Fsp3) is 0.533. The molecule has 1 heterocycles. The van der Waals surface area contributed by atoms with Crippen molar-refractivity contribution in [1.29, 1.82) is 0 Å². The fourth-order valence-electron chi connectivity index (χ4n) is 2.35. The Morgan fingerprint density at radius 2 is 2.00 bits per heavy atom. The fourth-order valence-corrected chi connectivity index (χ4v) is 2.35. The van der Waals surface area contributed by atoms with Gasteiger partial charge in [0.05, 0.1) is 11.3 Å². The van der Waals surface area contributed by atoms with E-state index in [1.807, 2.05) is 6.92 Å². The van der Waals surface area contributed by atoms with Crippen molar-refractivity contribution >= 4 is 11.9 Å². The van der Waals surface area contributed by atoms with E-state index in [2.05, 4.69) is 11.9 Å². The van der Waals surface area contributed by atoms with Gasteiger partial charge in [-0.3, -0.25) is 4.79 Å². The molecule has 0 aromatic carbocycles. The Labute approximate surface area is 118 Å². The van der Waals surface area contributed by atoms with E-state index in [0.29, 0.717) is 11.4 Å². The molecule has 1 amide bonds. The van der Waals surface area contributed by atoms with Gasteiger partial charge >= 0.3 is 5.97 Å². The van der Waals surface area contributed by atoms with E-state index in [9.17, 15) is 9.59 Å². The van der Waals surface area contributed by atoms with Crippen LogP contribution in [0.5, 0.6) is 0 Å². The molecule has 1 unspecified atom stereocenters. The Balaban J connectivity index is 2.21. The number of carbonyl (C=O) groups is 2. The number of aromatic carboxylic acids is 1. The smallest absolute Gasteiger partial charge is 0.337 e. The maximum atomic E-state index is 12.4. The predicted molar refractivity (Wildman–Crippen MR) is 74.8 cm³/mol. The SMILES string of the molecule is Cc1nc(C(=O)N(C)C(C)C2(C)CC2)ccc1C(=O)O. The summed E-state index contributed by atoms with van der Waals surface area (Å²) in [6, 6.07) is 3.07. The molecule has 0 radical (unpaired) electrons. The summed E-state index contributed by atoms with van der Waals surface area (Å²) in [5.41, 5.74) is 1.00. The highest BCUT2D eigenvalue weighted by Gasteiger charge is 2.45. The molecule has 1 saturated carbocycles. The highest BCUT2D eigenvalue weighted by Crippen LogP contribution is 2.49. The van der Waals surface area contributed by atoms with E-state index in [4.69, 9.17) is 5.11 Å². The van der Waals surface area contributed by atoms with Crippen LogP contribution in [0.2, 0.25) is 0 Å². The summed E-state index contributed by atoms with van der Waals surface area (Å²) in [6.07, 6.45) is 2.27. The van der Waals surface area contributed by atoms with Crippen LogP contribution in [0.4, 0.5) is 0 Å². The van der Waals surface area contributed by atoms with Crippen molar-refractivity contribution in [3.8, 4) is 0 Å². The van der Waals surface area contributed by atoms with Gasteiger partial charge in [0.25, 0.3) is 5.91 Å². The van der Waals surface area contributed by atoms with Crippen molar-refractivity contribution in [2.45, 2.75) is 39.7 Å². The van der Waals surface area contributed by atoms with Gasteiger partial charge in [-0.05, 0) is 44.2 Å². The molecule has 2 rings (SSSR count). The van der Waals surface area contributed by atoms with Gasteiger partial charge in [-0.25, -0.2) is 9.78 Å². The van der Waals surface area contributed by atoms with Crippen molar-refractivity contribution in [3.05, 3.63) is 29.1 Å². The number of amides is 1. The first-order valence-electron chi connectivity index (χ1n) is 6.74. The van der Waals surface area contributed by atoms with Crippen LogP contribution in [0.3, 0.4) is 0 Å². The number of hydrogen-bond acceptors (Lipinski definition) is 3. The molecule has 20 heavy (non-hydrogen) atoms. The second kappa shape index (κ2) is 4.89. The van der Waals surface area contributed by atoms with Gasteiger partial charge in [0.1, 0.15) is 5.69 Å². The molecule has 0 saturated heterocycles. The van der Waals surface area contributed by atoms with Gasteiger partial charge in [0.15, 0.2) is 0 Å². The molecule has 0 aliphatic heterocycles. The van der Waals surface area contributed by atoms with Crippen molar-refractivity contribution in [3.63, 3.8) is 0 Å². The Hall–Kier alpha value is -1.91. The maximum Gasteiger partial charge on any atom is 0.337 e. The lowest BCUT2D eigenvalue weighted by Gasteiger charge is -2.29. The number of aromatic nitrogens is 1. The first-order chi connectivity index (χ1) is 9.26. The zero-order chi connectivity index (χ0) is 15.1. The van der Waals surface area contributed by atoms with E-state index in [-0.39, 0.29) is 22.9 Å². The van der Waals surface area contributed by atoms with Gasteiger partial charge in [-0.2, -0.15) is 0 Å². The third kappa shape index (κ3) is 2.53. The quantitative estimate of drug-likeness (QED) is 0.916. The van der Waals surface area contributed by atoms with Crippen molar-refractivity contribution in [2.75, 3.05) is 7.05 Å². The molecule has 1 fully saturated rings. The summed E-state index contributed by atoms with van der Waals surface area (Å²) in [4.78, 5) is 29.2. The maximum absolute atomic E-state index is 12.4. The summed E-state index contributed by atoms with van der Waals surface area (Å²) >= 11 is 0. The molecule has 5 nitrogen and oxygen atoms in total. The first-order valence-corrected chi connectivity index (χ1v) is 6.74. The van der Waals surface area contributed by atoms with Gasteiger partial charge in [0, 0.05) is 13.1 Å². The number of carboxylic acid groups (broad SMARTS) is 1. The number of rotatable bonds is 4. The number of aryl methyl sites for hydroxylation is 1. The summed E-state index contributed by atoms with van der Waals surface area (Å²) in [7, 11) is 1.78. The number of nitrogens with zero attached hydrogens (tertiary/aromatic N) is 2. The Morgan fingerprint density at radius 1 is 1.40 bits per heavy atom. The van der Waals surface area contributed by atoms with Crippen molar-refractivity contribution < 1.29 is 14.7 Å². The lowest BCUT2D eigenvalue weighted by Crippen LogP contribution is -2.40. The van der Waals surface area contributed by atoms with Gasteiger partial charge in [0.2, 0.25) is 0 Å². The second-order valence-electron chi connectivity index (χ2n) is 5.88. The van der Waals surface area contributed by atoms with E-state index >= 15 is 0 Å². The van der Waals surface area contributed by atoms with Crippen LogP contribution in [0, 0.1) is 12.3 Å². The predicted octanol–water partition coefficient (Wildman–Crippen LogP) is 2.35. The minimum Gasteiger partial charge on any atom is -0.478 e. The number of carbonyl (C=O) groups excluding carboxylic acids is 1. The molecule has 1 aromatic heterocycles. The Morgan fingerprint density at radius 3 is 2.45 bits per heavy atom. The normalized spacial score (nSPS) is 17.4. The van der Waals surface area contributed by atoms with E-state index < -0.39 is 5.97 Å². The molecule has 0 bridgehead atoms. The molecule has 108 valence electrons. The molecule has 0 spiro atoms. The zero-order valence-electron chi connectivity index (χ0n) is 12.3. The monoisotopic (exact) mass is 276 g/mol. The molecular weight excluding hydrogens is 256 g/mol.